The molecule has 0 radical (unpaired) electrons. The SMILES string of the molecule is O=C(O)O[C@H]1CCCN(CC(O)c2ccc(-c3noc(-c4ccc(-c5ccccn5)s4)n3)cc2)C1. The van der Waals surface area contributed by atoms with E-state index in [9.17, 15) is 9.90 Å². The van der Waals surface area contributed by atoms with Gasteiger partial charge < -0.3 is 19.5 Å². The zero-order chi connectivity index (χ0) is 24.2. The molecule has 10 heteroatoms. The van der Waals surface area contributed by atoms with Crippen LogP contribution in [0.5, 0.6) is 0 Å². The summed E-state index contributed by atoms with van der Waals surface area (Å²) >= 11 is 1.54. The molecule has 4 aromatic rings. The highest BCUT2D eigenvalue weighted by molar-refractivity contribution is 7.18. The van der Waals surface area contributed by atoms with Gasteiger partial charge in [-0.25, -0.2) is 4.79 Å². The Kier molecular flexibility index (Phi) is 6.84. The average molecular weight is 493 g/mol. The second-order valence-electron chi connectivity index (χ2n) is 8.35. The number of thiophene rings is 1. The highest BCUT2D eigenvalue weighted by atomic mass is 32.1. The number of nitrogens with zero attached hydrogens (tertiary/aromatic N) is 4. The Hall–Kier alpha value is -3.60. The molecular weight excluding hydrogens is 468 g/mol. The van der Waals surface area contributed by atoms with Crippen LogP contribution in [0.3, 0.4) is 0 Å². The summed E-state index contributed by atoms with van der Waals surface area (Å²) in [5.74, 6) is 0.915. The van der Waals surface area contributed by atoms with E-state index in [1.165, 1.54) is 11.3 Å². The molecule has 3 aromatic heterocycles. The normalized spacial score (nSPS) is 17.2. The van der Waals surface area contributed by atoms with E-state index < -0.39 is 12.3 Å². The van der Waals surface area contributed by atoms with Gasteiger partial charge in [0, 0.05) is 24.8 Å². The van der Waals surface area contributed by atoms with Crippen LogP contribution in [0.4, 0.5) is 4.79 Å². The number of aliphatic hydroxyl groups is 1. The summed E-state index contributed by atoms with van der Waals surface area (Å²) in [7, 11) is 0. The molecule has 1 aromatic carbocycles. The lowest BCUT2D eigenvalue weighted by Crippen LogP contribution is -2.42. The van der Waals surface area contributed by atoms with Gasteiger partial charge in [0.05, 0.1) is 21.6 Å². The Labute approximate surface area is 205 Å². The van der Waals surface area contributed by atoms with Gasteiger partial charge >= 0.3 is 6.16 Å². The van der Waals surface area contributed by atoms with Crippen LogP contribution in [0, 0.1) is 0 Å². The van der Waals surface area contributed by atoms with Gasteiger partial charge in [-0.3, -0.25) is 9.88 Å². The van der Waals surface area contributed by atoms with E-state index in [4.69, 9.17) is 14.4 Å². The van der Waals surface area contributed by atoms with E-state index in [0.717, 1.165) is 39.5 Å². The second kappa shape index (κ2) is 10.3. The lowest BCUT2D eigenvalue weighted by Gasteiger charge is -2.33. The minimum Gasteiger partial charge on any atom is -0.450 e. The summed E-state index contributed by atoms with van der Waals surface area (Å²) in [4.78, 5) is 23.6. The van der Waals surface area contributed by atoms with Crippen LogP contribution in [0.25, 0.3) is 32.7 Å². The largest absolute Gasteiger partial charge is 0.506 e. The lowest BCUT2D eigenvalue weighted by molar-refractivity contribution is 0.00215. The van der Waals surface area contributed by atoms with Crippen LogP contribution in [-0.2, 0) is 4.74 Å². The van der Waals surface area contributed by atoms with Gasteiger partial charge in [0.2, 0.25) is 5.82 Å². The standard InChI is InChI=1S/C25H24N4O5S/c30-20(15-29-13-3-4-18(14-29)33-25(31)32)16-6-8-17(9-7-16)23-27-24(34-28-23)22-11-10-21(35-22)19-5-1-2-12-26-19/h1-2,5-12,18,20,30H,3-4,13-15H2,(H,31,32)/t18-,20?/m0/s1. The summed E-state index contributed by atoms with van der Waals surface area (Å²) in [6.45, 7) is 1.69. The molecule has 2 N–H and O–H groups in total. The van der Waals surface area contributed by atoms with E-state index in [1.54, 1.807) is 6.20 Å². The minimum atomic E-state index is -1.26. The molecule has 0 bridgehead atoms. The molecule has 0 spiro atoms. The van der Waals surface area contributed by atoms with Gasteiger partial charge in [0.25, 0.3) is 5.89 Å². The molecule has 35 heavy (non-hydrogen) atoms. The first kappa shape index (κ1) is 23.2. The van der Waals surface area contributed by atoms with Crippen LogP contribution in [0.15, 0.2) is 65.3 Å². The third-order valence-corrected chi connectivity index (χ3v) is 6.97. The Morgan fingerprint density at radius 1 is 1.17 bits per heavy atom. The summed E-state index contributed by atoms with van der Waals surface area (Å²) < 4.78 is 10.4. The van der Waals surface area contributed by atoms with Crippen molar-refractivity contribution >= 4 is 17.5 Å². The number of β-amino-alcohol motifs (C(OH)–C–C–N with tert-alkyl or cyclic N) is 1. The minimum absolute atomic E-state index is 0.355. The summed E-state index contributed by atoms with van der Waals surface area (Å²) in [6, 6.07) is 17.1. The van der Waals surface area contributed by atoms with Gasteiger partial charge in [-0.1, -0.05) is 35.5 Å². The van der Waals surface area contributed by atoms with Crippen molar-refractivity contribution < 1.29 is 24.3 Å². The predicted octanol–water partition coefficient (Wildman–Crippen LogP) is 4.72. The van der Waals surface area contributed by atoms with E-state index in [-0.39, 0.29) is 6.10 Å². The summed E-state index contributed by atoms with van der Waals surface area (Å²) in [5, 5.41) is 23.7. The molecule has 1 fully saturated rings. The monoisotopic (exact) mass is 492 g/mol. The van der Waals surface area contributed by atoms with Crippen molar-refractivity contribution in [3.63, 3.8) is 0 Å². The molecule has 2 atom stereocenters. The van der Waals surface area contributed by atoms with E-state index in [0.29, 0.717) is 31.2 Å². The van der Waals surface area contributed by atoms with Crippen LogP contribution >= 0.6 is 11.3 Å². The van der Waals surface area contributed by atoms with Crippen molar-refractivity contribution in [3.05, 3.63) is 66.4 Å². The number of hydrogen-bond donors (Lipinski definition) is 2. The molecule has 180 valence electrons. The number of likely N-dealkylation sites (tertiary alicyclic amines) is 1. The van der Waals surface area contributed by atoms with Crippen LogP contribution in [-0.4, -0.2) is 62.1 Å². The Bertz CT molecular complexity index is 1270. The fourth-order valence-electron chi connectivity index (χ4n) is 4.16. The fourth-order valence-corrected chi connectivity index (χ4v) is 5.07. The number of carbonyl (C=O) groups is 1. The molecule has 1 aliphatic heterocycles. The number of aliphatic hydroxyl groups excluding tert-OH is 1. The molecule has 0 saturated carbocycles. The predicted molar refractivity (Wildman–Crippen MR) is 130 cm³/mol. The Balaban J connectivity index is 1.23. The zero-order valence-electron chi connectivity index (χ0n) is 18.8. The highest BCUT2D eigenvalue weighted by Gasteiger charge is 2.25. The maximum Gasteiger partial charge on any atom is 0.506 e. The van der Waals surface area contributed by atoms with Gasteiger partial charge in [0.15, 0.2) is 0 Å². The second-order valence-corrected chi connectivity index (χ2v) is 9.43. The Morgan fingerprint density at radius 2 is 2.00 bits per heavy atom. The van der Waals surface area contributed by atoms with Crippen molar-refractivity contribution in [3.8, 4) is 32.7 Å². The van der Waals surface area contributed by atoms with Crippen molar-refractivity contribution in [2.24, 2.45) is 0 Å². The molecule has 1 saturated heterocycles. The molecule has 4 heterocycles. The van der Waals surface area contributed by atoms with Crippen LogP contribution < -0.4 is 0 Å². The van der Waals surface area contributed by atoms with Gasteiger partial charge in [0.1, 0.15) is 6.10 Å². The lowest BCUT2D eigenvalue weighted by atomic mass is 10.0. The molecule has 5 rings (SSSR count). The van der Waals surface area contributed by atoms with Crippen molar-refractivity contribution in [2.45, 2.75) is 25.0 Å². The quantitative estimate of drug-likeness (QED) is 0.353. The smallest absolute Gasteiger partial charge is 0.450 e. The molecule has 1 aliphatic rings. The number of carboxylic acid groups (broad SMARTS) is 1. The van der Waals surface area contributed by atoms with Crippen molar-refractivity contribution in [1.29, 1.82) is 0 Å². The summed E-state index contributed by atoms with van der Waals surface area (Å²) in [6.07, 6.45) is 0.978. The third kappa shape index (κ3) is 5.56. The van der Waals surface area contributed by atoms with Crippen molar-refractivity contribution in [1.82, 2.24) is 20.0 Å². The average Bonchev–Trinajstić information content (AvgIpc) is 3.55. The molecule has 0 aliphatic carbocycles. The van der Waals surface area contributed by atoms with Gasteiger partial charge in [-0.2, -0.15) is 4.98 Å². The number of aromatic nitrogens is 3. The fraction of sp³-hybridized carbons (Fsp3) is 0.280. The molecule has 0 amide bonds. The molecular formula is C25H24N4O5S. The molecule has 9 nitrogen and oxygen atoms in total. The Morgan fingerprint density at radius 3 is 2.77 bits per heavy atom. The number of benzene rings is 1. The van der Waals surface area contributed by atoms with Gasteiger partial charge in [-0.05, 0) is 49.2 Å². The van der Waals surface area contributed by atoms with E-state index in [2.05, 4.69) is 15.1 Å². The zero-order valence-corrected chi connectivity index (χ0v) is 19.6. The first-order valence-electron chi connectivity index (χ1n) is 11.3. The maximum atomic E-state index is 10.8. The topological polar surface area (TPSA) is 122 Å². The first-order valence-corrected chi connectivity index (χ1v) is 12.1. The van der Waals surface area contributed by atoms with E-state index in [1.807, 2.05) is 59.5 Å². The van der Waals surface area contributed by atoms with Crippen LogP contribution in [0.1, 0.15) is 24.5 Å². The maximum absolute atomic E-state index is 10.8. The van der Waals surface area contributed by atoms with Crippen LogP contribution in [0.2, 0.25) is 0 Å². The number of ether oxygens (including phenoxy) is 1. The molecule has 1 unspecified atom stereocenters. The van der Waals surface area contributed by atoms with E-state index >= 15 is 0 Å². The first-order chi connectivity index (χ1) is 17.0. The van der Waals surface area contributed by atoms with Gasteiger partial charge in [-0.15, -0.1) is 11.3 Å². The number of rotatable bonds is 7. The number of hydrogen-bond acceptors (Lipinski definition) is 9. The number of pyridine rings is 1. The third-order valence-electron chi connectivity index (χ3n) is 5.87. The van der Waals surface area contributed by atoms with Crippen molar-refractivity contribution in [2.75, 3.05) is 19.6 Å². The summed E-state index contributed by atoms with van der Waals surface area (Å²) in [5.41, 5.74) is 2.44. The number of piperidine rings is 1. The highest BCUT2D eigenvalue weighted by Crippen LogP contribution is 2.33.